The summed E-state index contributed by atoms with van der Waals surface area (Å²) in [6.07, 6.45) is 5.82. The van der Waals surface area contributed by atoms with Crippen molar-refractivity contribution < 1.29 is 5.11 Å². The van der Waals surface area contributed by atoms with E-state index in [0.717, 1.165) is 31.8 Å². The number of aromatic nitrogens is 2. The molecule has 0 saturated heterocycles. The van der Waals surface area contributed by atoms with Crippen molar-refractivity contribution in [2.45, 2.75) is 39.3 Å². The summed E-state index contributed by atoms with van der Waals surface area (Å²) >= 11 is 0. The van der Waals surface area contributed by atoms with E-state index in [4.69, 9.17) is 5.11 Å². The molecule has 1 aromatic heterocycles. The molecule has 1 heterocycles. The van der Waals surface area contributed by atoms with Crippen molar-refractivity contribution in [3.63, 3.8) is 0 Å². The molecule has 0 radical (unpaired) electrons. The van der Waals surface area contributed by atoms with Crippen molar-refractivity contribution in [2.24, 2.45) is 0 Å². The van der Waals surface area contributed by atoms with Gasteiger partial charge in [-0.2, -0.15) is 0 Å². The zero-order valence-electron chi connectivity index (χ0n) is 9.61. The third-order valence-corrected chi connectivity index (χ3v) is 2.55. The number of hydrogen-bond acceptors (Lipinski definition) is 3. The van der Waals surface area contributed by atoms with Gasteiger partial charge in [-0.3, -0.25) is 0 Å². The molecule has 0 aliphatic heterocycles. The molecule has 1 rings (SSSR count). The van der Waals surface area contributed by atoms with E-state index in [0.29, 0.717) is 0 Å². The van der Waals surface area contributed by atoms with Crippen LogP contribution in [0.3, 0.4) is 0 Å². The maximum atomic E-state index is 9.16. The van der Waals surface area contributed by atoms with E-state index in [1.807, 2.05) is 19.3 Å². The molecular formula is C11H21N3O. The predicted molar refractivity (Wildman–Crippen MR) is 60.7 cm³/mol. The summed E-state index contributed by atoms with van der Waals surface area (Å²) in [6, 6.07) is 0.201. The van der Waals surface area contributed by atoms with Crippen LogP contribution in [0.2, 0.25) is 0 Å². The maximum Gasteiger partial charge on any atom is 0.105 e. The fourth-order valence-electron chi connectivity index (χ4n) is 1.54. The van der Waals surface area contributed by atoms with Crippen LogP contribution < -0.4 is 5.32 Å². The van der Waals surface area contributed by atoms with Crippen molar-refractivity contribution in [2.75, 3.05) is 13.2 Å². The van der Waals surface area contributed by atoms with Crippen LogP contribution in [0.5, 0.6) is 0 Å². The lowest BCUT2D eigenvalue weighted by Crippen LogP contribution is -2.34. The number of rotatable bonds is 7. The Bertz CT molecular complexity index is 273. The fourth-order valence-corrected chi connectivity index (χ4v) is 1.54. The largest absolute Gasteiger partial charge is 0.395 e. The Kier molecular flexibility index (Phi) is 5.36. The van der Waals surface area contributed by atoms with Crippen molar-refractivity contribution in [3.05, 3.63) is 18.2 Å². The fraction of sp³-hybridized carbons (Fsp3) is 0.727. The van der Waals surface area contributed by atoms with E-state index in [2.05, 4.69) is 21.8 Å². The number of nitrogens with one attached hydrogen (secondary N) is 1. The van der Waals surface area contributed by atoms with Gasteiger partial charge < -0.3 is 15.0 Å². The first-order valence-corrected chi connectivity index (χ1v) is 5.60. The van der Waals surface area contributed by atoms with Gasteiger partial charge in [0.1, 0.15) is 5.82 Å². The van der Waals surface area contributed by atoms with Crippen LogP contribution in [-0.2, 0) is 6.54 Å². The van der Waals surface area contributed by atoms with Gasteiger partial charge in [0, 0.05) is 25.0 Å². The molecule has 86 valence electrons. The second-order valence-electron chi connectivity index (χ2n) is 3.79. The summed E-state index contributed by atoms with van der Waals surface area (Å²) in [5.41, 5.74) is 0. The first kappa shape index (κ1) is 12.2. The van der Waals surface area contributed by atoms with Crippen molar-refractivity contribution in [1.82, 2.24) is 14.9 Å². The summed E-state index contributed by atoms with van der Waals surface area (Å²) in [5, 5.41) is 12.5. The normalized spacial score (nSPS) is 13.0. The van der Waals surface area contributed by atoms with E-state index >= 15 is 0 Å². The maximum absolute atomic E-state index is 9.16. The standard InChI is InChI=1S/C11H21N3O/c1-3-5-13-11(9-15)4-7-14-8-6-12-10(14)2/h6,8,11,13,15H,3-5,7,9H2,1-2H3. The lowest BCUT2D eigenvalue weighted by molar-refractivity contribution is 0.231. The second kappa shape index (κ2) is 6.58. The molecule has 0 aliphatic carbocycles. The van der Waals surface area contributed by atoms with E-state index < -0.39 is 0 Å². The van der Waals surface area contributed by atoms with E-state index in [1.54, 1.807) is 0 Å². The summed E-state index contributed by atoms with van der Waals surface area (Å²) in [5.74, 6) is 1.03. The Morgan fingerprint density at radius 1 is 1.60 bits per heavy atom. The molecule has 4 nitrogen and oxygen atoms in total. The lowest BCUT2D eigenvalue weighted by Gasteiger charge is -2.16. The molecule has 4 heteroatoms. The van der Waals surface area contributed by atoms with Gasteiger partial charge in [0.25, 0.3) is 0 Å². The molecule has 0 bridgehead atoms. The van der Waals surface area contributed by atoms with Crippen LogP contribution in [0.25, 0.3) is 0 Å². The highest BCUT2D eigenvalue weighted by atomic mass is 16.3. The minimum absolute atomic E-state index is 0.201. The van der Waals surface area contributed by atoms with Gasteiger partial charge >= 0.3 is 0 Å². The lowest BCUT2D eigenvalue weighted by atomic mass is 10.2. The topological polar surface area (TPSA) is 50.1 Å². The number of aliphatic hydroxyl groups is 1. The summed E-state index contributed by atoms with van der Waals surface area (Å²) in [4.78, 5) is 4.16. The molecule has 0 saturated carbocycles. The molecule has 1 unspecified atom stereocenters. The van der Waals surface area contributed by atoms with Crippen LogP contribution in [0.15, 0.2) is 12.4 Å². The Morgan fingerprint density at radius 2 is 2.40 bits per heavy atom. The molecular weight excluding hydrogens is 190 g/mol. The van der Waals surface area contributed by atoms with E-state index in [-0.39, 0.29) is 12.6 Å². The van der Waals surface area contributed by atoms with Gasteiger partial charge in [-0.15, -0.1) is 0 Å². The molecule has 0 aliphatic rings. The minimum atomic E-state index is 0.201. The zero-order valence-corrected chi connectivity index (χ0v) is 9.61. The van der Waals surface area contributed by atoms with E-state index in [1.165, 1.54) is 0 Å². The Balaban J connectivity index is 2.31. The Morgan fingerprint density at radius 3 is 2.93 bits per heavy atom. The minimum Gasteiger partial charge on any atom is -0.395 e. The first-order valence-electron chi connectivity index (χ1n) is 5.60. The van der Waals surface area contributed by atoms with Crippen molar-refractivity contribution >= 4 is 0 Å². The Labute approximate surface area is 91.3 Å². The van der Waals surface area contributed by atoms with Crippen LogP contribution >= 0.6 is 0 Å². The van der Waals surface area contributed by atoms with Gasteiger partial charge in [0.2, 0.25) is 0 Å². The molecule has 0 aromatic carbocycles. The number of nitrogens with zero attached hydrogens (tertiary/aromatic N) is 2. The Hall–Kier alpha value is -0.870. The van der Waals surface area contributed by atoms with Crippen LogP contribution in [0.4, 0.5) is 0 Å². The highest BCUT2D eigenvalue weighted by Crippen LogP contribution is 2.00. The quantitative estimate of drug-likeness (QED) is 0.706. The average Bonchev–Trinajstić information content (AvgIpc) is 2.65. The number of imidazole rings is 1. The summed E-state index contributed by atoms with van der Waals surface area (Å²) in [7, 11) is 0. The van der Waals surface area contributed by atoms with Gasteiger partial charge in [-0.05, 0) is 26.3 Å². The van der Waals surface area contributed by atoms with E-state index in [9.17, 15) is 0 Å². The van der Waals surface area contributed by atoms with Gasteiger partial charge in [0.05, 0.1) is 6.61 Å². The molecule has 1 aromatic rings. The van der Waals surface area contributed by atoms with Gasteiger partial charge in [-0.1, -0.05) is 6.92 Å². The second-order valence-corrected chi connectivity index (χ2v) is 3.79. The van der Waals surface area contributed by atoms with Gasteiger partial charge in [0.15, 0.2) is 0 Å². The highest BCUT2D eigenvalue weighted by molar-refractivity contribution is 4.88. The number of aliphatic hydroxyl groups excluding tert-OH is 1. The monoisotopic (exact) mass is 211 g/mol. The van der Waals surface area contributed by atoms with Crippen LogP contribution in [0, 0.1) is 6.92 Å². The molecule has 0 amide bonds. The molecule has 0 fully saturated rings. The third kappa shape index (κ3) is 4.01. The highest BCUT2D eigenvalue weighted by Gasteiger charge is 2.06. The summed E-state index contributed by atoms with van der Waals surface area (Å²) in [6.45, 7) is 6.20. The van der Waals surface area contributed by atoms with Crippen molar-refractivity contribution in [3.8, 4) is 0 Å². The third-order valence-electron chi connectivity index (χ3n) is 2.55. The molecule has 2 N–H and O–H groups in total. The number of hydrogen-bond donors (Lipinski definition) is 2. The number of aryl methyl sites for hydroxylation is 2. The van der Waals surface area contributed by atoms with Crippen LogP contribution in [-0.4, -0.2) is 33.9 Å². The molecule has 1 atom stereocenters. The van der Waals surface area contributed by atoms with Gasteiger partial charge in [-0.25, -0.2) is 4.98 Å². The first-order chi connectivity index (χ1) is 7.27. The average molecular weight is 211 g/mol. The smallest absolute Gasteiger partial charge is 0.105 e. The molecule has 0 spiro atoms. The summed E-state index contributed by atoms with van der Waals surface area (Å²) < 4.78 is 2.11. The van der Waals surface area contributed by atoms with Crippen LogP contribution in [0.1, 0.15) is 25.6 Å². The predicted octanol–water partition coefficient (Wildman–Crippen LogP) is 0.942. The van der Waals surface area contributed by atoms with Crippen molar-refractivity contribution in [1.29, 1.82) is 0 Å². The zero-order chi connectivity index (χ0) is 11.1. The SMILES string of the molecule is CCCNC(CO)CCn1ccnc1C. The molecule has 15 heavy (non-hydrogen) atoms.